The summed E-state index contributed by atoms with van der Waals surface area (Å²) in [4.78, 5) is 16.5. The number of nitrogens with zero attached hydrogens (tertiary/aromatic N) is 2. The molecular formula is C18H24N4O2. The smallest absolute Gasteiger partial charge is 0.272 e. The molecule has 0 aliphatic carbocycles. The van der Waals surface area contributed by atoms with Crippen molar-refractivity contribution in [2.24, 2.45) is 11.8 Å². The number of carbonyl (C=O) groups is 1. The van der Waals surface area contributed by atoms with Crippen LogP contribution in [0.2, 0.25) is 0 Å². The van der Waals surface area contributed by atoms with Gasteiger partial charge in [0, 0.05) is 24.0 Å². The Hall–Kier alpha value is -2.21. The standard InChI is InChI=1S/C18H24N4O2/c1-12(2)7-15-9-16(22-21-15)18(23)20-17-11-24-10-14(17)8-13-3-5-19-6-4-13/h3-6,9,12,14,17H,7-8,10-11H2,1-2H3,(H,20,23)(H,21,22)/t14-,17+/m1/s1. The SMILES string of the molecule is CC(C)Cc1cc(C(=O)N[C@H]2COC[C@H]2Cc2ccncc2)n[nH]1. The van der Waals surface area contributed by atoms with Crippen LogP contribution in [-0.2, 0) is 17.6 Å². The van der Waals surface area contributed by atoms with Crippen molar-refractivity contribution >= 4 is 5.91 Å². The van der Waals surface area contributed by atoms with Crippen LogP contribution in [0.5, 0.6) is 0 Å². The predicted molar refractivity (Wildman–Crippen MR) is 90.6 cm³/mol. The molecular weight excluding hydrogens is 304 g/mol. The third-order valence-electron chi connectivity index (χ3n) is 4.25. The highest BCUT2D eigenvalue weighted by atomic mass is 16.5. The zero-order chi connectivity index (χ0) is 16.9. The van der Waals surface area contributed by atoms with E-state index in [1.165, 1.54) is 5.56 Å². The number of nitrogens with one attached hydrogen (secondary N) is 2. The summed E-state index contributed by atoms with van der Waals surface area (Å²) in [6.45, 7) is 5.48. The molecule has 6 nitrogen and oxygen atoms in total. The van der Waals surface area contributed by atoms with Gasteiger partial charge in [-0.25, -0.2) is 0 Å². The van der Waals surface area contributed by atoms with E-state index in [2.05, 4.69) is 34.3 Å². The van der Waals surface area contributed by atoms with Crippen LogP contribution < -0.4 is 5.32 Å². The van der Waals surface area contributed by atoms with Gasteiger partial charge in [0.15, 0.2) is 0 Å². The molecule has 1 fully saturated rings. The molecule has 1 amide bonds. The fourth-order valence-electron chi connectivity index (χ4n) is 3.05. The fourth-order valence-corrected chi connectivity index (χ4v) is 3.05. The van der Waals surface area contributed by atoms with Crippen LogP contribution >= 0.6 is 0 Å². The Labute approximate surface area is 142 Å². The van der Waals surface area contributed by atoms with Gasteiger partial charge in [0.1, 0.15) is 5.69 Å². The third-order valence-corrected chi connectivity index (χ3v) is 4.25. The van der Waals surface area contributed by atoms with Crippen LogP contribution in [0.15, 0.2) is 30.6 Å². The molecule has 3 heterocycles. The first kappa shape index (κ1) is 16.6. The number of hydrogen-bond donors (Lipinski definition) is 2. The van der Waals surface area contributed by atoms with Crippen molar-refractivity contribution in [2.45, 2.75) is 32.7 Å². The van der Waals surface area contributed by atoms with Crippen LogP contribution in [0.3, 0.4) is 0 Å². The summed E-state index contributed by atoms with van der Waals surface area (Å²) < 4.78 is 5.58. The van der Waals surface area contributed by atoms with Crippen LogP contribution in [-0.4, -0.2) is 40.3 Å². The number of amides is 1. The van der Waals surface area contributed by atoms with E-state index in [0.29, 0.717) is 24.8 Å². The normalized spacial score (nSPS) is 20.5. The number of aromatic nitrogens is 3. The minimum absolute atomic E-state index is 0.0101. The summed E-state index contributed by atoms with van der Waals surface area (Å²) >= 11 is 0. The summed E-state index contributed by atoms with van der Waals surface area (Å²) in [7, 11) is 0. The Morgan fingerprint density at radius 1 is 1.38 bits per heavy atom. The maximum atomic E-state index is 12.4. The second-order valence-corrected chi connectivity index (χ2v) is 6.81. The molecule has 1 saturated heterocycles. The monoisotopic (exact) mass is 328 g/mol. The van der Waals surface area contributed by atoms with Crippen LogP contribution in [0.25, 0.3) is 0 Å². The Morgan fingerprint density at radius 3 is 2.92 bits per heavy atom. The van der Waals surface area contributed by atoms with Gasteiger partial charge >= 0.3 is 0 Å². The van der Waals surface area contributed by atoms with E-state index in [-0.39, 0.29) is 17.9 Å². The van der Waals surface area contributed by atoms with Crippen molar-refractivity contribution in [3.8, 4) is 0 Å². The Balaban J connectivity index is 1.59. The van der Waals surface area contributed by atoms with Crippen molar-refractivity contribution in [2.75, 3.05) is 13.2 Å². The van der Waals surface area contributed by atoms with Gasteiger partial charge in [0.2, 0.25) is 0 Å². The molecule has 0 unspecified atom stereocenters. The molecule has 0 bridgehead atoms. The van der Waals surface area contributed by atoms with Gasteiger partial charge in [-0.2, -0.15) is 5.10 Å². The number of carbonyl (C=O) groups excluding carboxylic acids is 1. The van der Waals surface area contributed by atoms with Crippen LogP contribution in [0, 0.1) is 11.8 Å². The van der Waals surface area contributed by atoms with E-state index < -0.39 is 0 Å². The molecule has 0 aromatic carbocycles. The van der Waals surface area contributed by atoms with E-state index in [1.807, 2.05) is 18.2 Å². The van der Waals surface area contributed by atoms with Gasteiger partial charge in [0.05, 0.1) is 19.3 Å². The zero-order valence-electron chi connectivity index (χ0n) is 14.2. The van der Waals surface area contributed by atoms with Crippen molar-refractivity contribution in [3.05, 3.63) is 47.5 Å². The van der Waals surface area contributed by atoms with Crippen molar-refractivity contribution in [3.63, 3.8) is 0 Å². The Morgan fingerprint density at radius 2 is 2.17 bits per heavy atom. The maximum Gasteiger partial charge on any atom is 0.272 e. The Bertz CT molecular complexity index is 669. The molecule has 24 heavy (non-hydrogen) atoms. The lowest BCUT2D eigenvalue weighted by Gasteiger charge is -2.18. The first-order valence-electron chi connectivity index (χ1n) is 8.43. The molecule has 0 radical (unpaired) electrons. The summed E-state index contributed by atoms with van der Waals surface area (Å²) in [5, 5.41) is 10.1. The van der Waals surface area contributed by atoms with E-state index in [0.717, 1.165) is 18.5 Å². The average Bonchev–Trinajstić information content (AvgIpc) is 3.18. The molecule has 6 heteroatoms. The number of H-pyrrole nitrogens is 1. The van der Waals surface area contributed by atoms with Gasteiger partial charge in [-0.1, -0.05) is 13.8 Å². The summed E-state index contributed by atoms with van der Waals surface area (Å²) in [6.07, 6.45) is 5.33. The van der Waals surface area contributed by atoms with Gasteiger partial charge < -0.3 is 10.1 Å². The molecule has 0 spiro atoms. The summed E-state index contributed by atoms with van der Waals surface area (Å²) in [5.74, 6) is 0.649. The highest BCUT2D eigenvalue weighted by Crippen LogP contribution is 2.19. The molecule has 1 aliphatic heterocycles. The first-order chi connectivity index (χ1) is 11.6. The molecule has 128 valence electrons. The largest absolute Gasteiger partial charge is 0.379 e. The molecule has 2 aromatic rings. The topological polar surface area (TPSA) is 79.9 Å². The highest BCUT2D eigenvalue weighted by Gasteiger charge is 2.30. The molecule has 3 rings (SSSR count). The third kappa shape index (κ3) is 4.20. The van der Waals surface area contributed by atoms with E-state index in [1.54, 1.807) is 12.4 Å². The lowest BCUT2D eigenvalue weighted by molar-refractivity contribution is 0.0920. The van der Waals surface area contributed by atoms with E-state index >= 15 is 0 Å². The summed E-state index contributed by atoms with van der Waals surface area (Å²) in [5.41, 5.74) is 2.64. The highest BCUT2D eigenvalue weighted by molar-refractivity contribution is 5.92. The first-order valence-corrected chi connectivity index (χ1v) is 8.43. The van der Waals surface area contributed by atoms with Gasteiger partial charge in [-0.3, -0.25) is 14.9 Å². The number of ether oxygens (including phenoxy) is 1. The zero-order valence-corrected chi connectivity index (χ0v) is 14.2. The summed E-state index contributed by atoms with van der Waals surface area (Å²) in [6, 6.07) is 5.85. The quantitative estimate of drug-likeness (QED) is 0.850. The minimum atomic E-state index is -0.142. The van der Waals surface area contributed by atoms with Crippen molar-refractivity contribution in [1.29, 1.82) is 0 Å². The molecule has 2 aromatic heterocycles. The lowest BCUT2D eigenvalue weighted by atomic mass is 9.95. The number of hydrogen-bond acceptors (Lipinski definition) is 4. The lowest BCUT2D eigenvalue weighted by Crippen LogP contribution is -2.40. The second kappa shape index (κ2) is 7.57. The van der Waals surface area contributed by atoms with E-state index in [4.69, 9.17) is 4.74 Å². The fraction of sp³-hybridized carbons (Fsp3) is 0.500. The minimum Gasteiger partial charge on any atom is -0.379 e. The number of rotatable bonds is 6. The van der Waals surface area contributed by atoms with Gasteiger partial charge in [-0.15, -0.1) is 0 Å². The van der Waals surface area contributed by atoms with Gasteiger partial charge in [0.25, 0.3) is 5.91 Å². The van der Waals surface area contributed by atoms with Crippen molar-refractivity contribution in [1.82, 2.24) is 20.5 Å². The van der Waals surface area contributed by atoms with Crippen LogP contribution in [0.4, 0.5) is 0 Å². The molecule has 2 atom stereocenters. The number of pyridine rings is 1. The Kier molecular flexibility index (Phi) is 5.25. The predicted octanol–water partition coefficient (Wildman–Crippen LogP) is 1.99. The molecule has 1 aliphatic rings. The van der Waals surface area contributed by atoms with Gasteiger partial charge in [-0.05, 0) is 42.5 Å². The van der Waals surface area contributed by atoms with Crippen LogP contribution in [0.1, 0.15) is 35.6 Å². The molecule has 0 saturated carbocycles. The van der Waals surface area contributed by atoms with E-state index in [9.17, 15) is 4.79 Å². The number of aromatic amines is 1. The maximum absolute atomic E-state index is 12.4. The van der Waals surface area contributed by atoms with Crippen molar-refractivity contribution < 1.29 is 9.53 Å². The second-order valence-electron chi connectivity index (χ2n) is 6.81. The molecule has 2 N–H and O–H groups in total. The average molecular weight is 328 g/mol.